The first-order chi connectivity index (χ1) is 2.81. The monoisotopic (exact) mass is 87.0 g/mol. The fourth-order valence-corrected chi connectivity index (χ4v) is 0.0833. The molecule has 0 rings (SSSR count). The van der Waals surface area contributed by atoms with Crippen molar-refractivity contribution in [3.05, 3.63) is 0 Å². The first-order valence-corrected chi connectivity index (χ1v) is 1.58. The minimum absolute atomic E-state index is 0.0312. The second-order valence-corrected chi connectivity index (χ2v) is 0.780. The summed E-state index contributed by atoms with van der Waals surface area (Å²) in [5.41, 5.74) is 4.81. The molecule has 0 saturated carbocycles. The van der Waals surface area contributed by atoms with Gasteiger partial charge in [-0.05, 0) is 0 Å². The Kier molecular flexibility index (Phi) is 2.49. The predicted octanol–water partition coefficient (Wildman–Crippen LogP) is -0.937. The maximum atomic E-state index is 9.83. The smallest absolute Gasteiger partial charge is 0.335 e. The van der Waals surface area contributed by atoms with Crippen LogP contribution < -0.4 is 5.64 Å². The van der Waals surface area contributed by atoms with Gasteiger partial charge in [0.2, 0.25) is 0 Å². The summed E-state index contributed by atoms with van der Waals surface area (Å²) in [5.74, 6) is -0.380. The quantitative estimate of drug-likeness (QED) is 0.420. The zero-order chi connectivity index (χ0) is 4.99. The second-order valence-electron chi connectivity index (χ2n) is 0.780. The van der Waals surface area contributed by atoms with Gasteiger partial charge >= 0.3 is 7.41 Å². The van der Waals surface area contributed by atoms with Crippen LogP contribution in [0.15, 0.2) is 0 Å². The topological polar surface area (TPSA) is 52.3 Å². The summed E-state index contributed by atoms with van der Waals surface area (Å²) in [6, 6.07) is 0. The number of rotatable bonds is 1. The van der Waals surface area contributed by atoms with Crippen molar-refractivity contribution < 1.29 is 9.53 Å². The van der Waals surface area contributed by atoms with E-state index in [4.69, 9.17) is 5.64 Å². The highest BCUT2D eigenvalue weighted by atomic mass is 16.5. The summed E-state index contributed by atoms with van der Waals surface area (Å²) < 4.78 is 4.14. The summed E-state index contributed by atoms with van der Waals surface area (Å²) in [7, 11) is 1.27. The van der Waals surface area contributed by atoms with Gasteiger partial charge in [-0.3, -0.25) is 4.79 Å². The molecule has 4 heteroatoms. The molecule has 0 aromatic carbocycles. The van der Waals surface area contributed by atoms with Crippen LogP contribution in [0, 0.1) is 0 Å². The van der Waals surface area contributed by atoms with Gasteiger partial charge in [0.1, 0.15) is 0 Å². The Morgan fingerprint density at radius 3 is 2.50 bits per heavy atom. The van der Waals surface area contributed by atoms with E-state index < -0.39 is 0 Å². The van der Waals surface area contributed by atoms with Crippen LogP contribution in [0.25, 0.3) is 0 Å². The molecule has 0 fully saturated rings. The fourth-order valence-electron chi connectivity index (χ4n) is 0.0833. The van der Waals surface area contributed by atoms with Crippen molar-refractivity contribution in [2.75, 3.05) is 7.11 Å². The van der Waals surface area contributed by atoms with Crippen LogP contribution in [0.2, 0.25) is 0 Å². The van der Waals surface area contributed by atoms with E-state index in [9.17, 15) is 4.79 Å². The highest BCUT2D eigenvalue weighted by molar-refractivity contribution is 6.69. The molecule has 0 aromatic rings. The third-order valence-corrected chi connectivity index (χ3v) is 0.394. The van der Waals surface area contributed by atoms with Crippen molar-refractivity contribution in [2.45, 2.75) is 0 Å². The van der Waals surface area contributed by atoms with Crippen molar-refractivity contribution in [3.8, 4) is 0 Å². The summed E-state index contributed by atoms with van der Waals surface area (Å²) in [6.07, 6.45) is 0. The number of hydrogen-bond acceptors (Lipinski definition) is 3. The van der Waals surface area contributed by atoms with E-state index in [-0.39, 0.29) is 13.3 Å². The molecule has 0 amide bonds. The number of hydrogen-bond donors (Lipinski definition) is 1. The molecular weight excluding hydrogens is 80.8 g/mol. The van der Waals surface area contributed by atoms with Gasteiger partial charge in [0.25, 0.3) is 5.87 Å². The lowest BCUT2D eigenvalue weighted by atomic mass is 9.99. The lowest BCUT2D eigenvalue weighted by molar-refractivity contribution is 0.197. The normalized spacial score (nSPS) is 7.00. The Balaban J connectivity index is 2.99. The van der Waals surface area contributed by atoms with Crippen molar-refractivity contribution in [3.63, 3.8) is 0 Å². The number of carbonyl (C=O) groups excluding carboxylic acids is 1. The van der Waals surface area contributed by atoms with E-state index in [0.29, 0.717) is 0 Å². The molecular formula is C2H6BNO2. The van der Waals surface area contributed by atoms with E-state index in [2.05, 4.69) is 4.74 Å². The van der Waals surface area contributed by atoms with E-state index in [1.165, 1.54) is 7.11 Å². The SMILES string of the molecule is COC(=O)BN. The van der Waals surface area contributed by atoms with Gasteiger partial charge in [-0.2, -0.15) is 0 Å². The van der Waals surface area contributed by atoms with Crippen molar-refractivity contribution >= 4 is 13.3 Å². The van der Waals surface area contributed by atoms with Gasteiger partial charge in [-0.25, -0.2) is 0 Å². The standard InChI is InChI=1S/C2H6BNO2/c1-6-2(5)3-4/h3H,4H2,1H3. The third kappa shape index (κ3) is 1.78. The maximum absolute atomic E-state index is 9.83. The summed E-state index contributed by atoms with van der Waals surface area (Å²) in [4.78, 5) is 9.83. The van der Waals surface area contributed by atoms with E-state index in [1.807, 2.05) is 0 Å². The van der Waals surface area contributed by atoms with Gasteiger partial charge in [-0.1, -0.05) is 0 Å². The molecule has 0 unspecified atom stereocenters. The predicted molar refractivity (Wildman–Crippen MR) is 23.7 cm³/mol. The first kappa shape index (κ1) is 5.49. The van der Waals surface area contributed by atoms with E-state index in [0.717, 1.165) is 0 Å². The fraction of sp³-hybridized carbons (Fsp3) is 0.500. The van der Waals surface area contributed by atoms with Crippen molar-refractivity contribution in [1.82, 2.24) is 0 Å². The number of carbonyl (C=O) groups is 1. The summed E-state index contributed by atoms with van der Waals surface area (Å²) in [5, 5.41) is 0. The Morgan fingerprint density at radius 1 is 2.00 bits per heavy atom. The molecule has 6 heavy (non-hydrogen) atoms. The van der Waals surface area contributed by atoms with Gasteiger partial charge < -0.3 is 10.4 Å². The van der Waals surface area contributed by atoms with Gasteiger partial charge in [0.15, 0.2) is 0 Å². The molecule has 0 aliphatic rings. The Morgan fingerprint density at radius 2 is 2.50 bits per heavy atom. The summed E-state index contributed by atoms with van der Waals surface area (Å²) >= 11 is 0. The first-order valence-electron chi connectivity index (χ1n) is 1.58. The molecule has 0 atom stereocenters. The van der Waals surface area contributed by atoms with Crippen LogP contribution in [0.1, 0.15) is 0 Å². The Bertz CT molecular complexity index is 49.5. The largest absolute Gasteiger partial charge is 0.476 e. The van der Waals surface area contributed by atoms with Crippen molar-refractivity contribution in [1.29, 1.82) is 0 Å². The van der Waals surface area contributed by atoms with E-state index in [1.54, 1.807) is 0 Å². The third-order valence-electron chi connectivity index (χ3n) is 0.394. The molecule has 0 bridgehead atoms. The molecule has 0 spiro atoms. The lowest BCUT2D eigenvalue weighted by Gasteiger charge is -1.86. The molecule has 0 aliphatic heterocycles. The molecule has 2 N–H and O–H groups in total. The highest BCUT2D eigenvalue weighted by Gasteiger charge is 1.92. The zero-order valence-electron chi connectivity index (χ0n) is 3.60. The minimum atomic E-state index is -0.380. The maximum Gasteiger partial charge on any atom is 0.335 e. The van der Waals surface area contributed by atoms with Crippen LogP contribution >= 0.6 is 0 Å². The van der Waals surface area contributed by atoms with Crippen LogP contribution in [0.4, 0.5) is 4.79 Å². The van der Waals surface area contributed by atoms with Crippen molar-refractivity contribution in [2.24, 2.45) is 5.64 Å². The molecule has 34 valence electrons. The Hall–Kier alpha value is -0.505. The lowest BCUT2D eigenvalue weighted by Crippen LogP contribution is -2.17. The molecule has 0 heterocycles. The molecule has 3 nitrogen and oxygen atoms in total. The number of ether oxygens (including phenoxy) is 1. The average Bonchev–Trinajstić information content (AvgIpc) is 1.65. The van der Waals surface area contributed by atoms with E-state index >= 15 is 0 Å². The zero-order valence-corrected chi connectivity index (χ0v) is 3.60. The van der Waals surface area contributed by atoms with Crippen LogP contribution in [-0.4, -0.2) is 20.4 Å². The highest BCUT2D eigenvalue weighted by Crippen LogP contribution is 1.63. The minimum Gasteiger partial charge on any atom is -0.476 e. The number of methoxy groups -OCH3 is 1. The van der Waals surface area contributed by atoms with Gasteiger partial charge in [-0.15, -0.1) is 0 Å². The molecule has 0 radical (unpaired) electrons. The summed E-state index contributed by atoms with van der Waals surface area (Å²) in [6.45, 7) is 0. The molecule has 0 aliphatic carbocycles. The van der Waals surface area contributed by atoms with Crippen LogP contribution in [0.3, 0.4) is 0 Å². The number of nitrogens with two attached hydrogens (primary N) is 1. The average molecular weight is 86.9 g/mol. The second kappa shape index (κ2) is 2.72. The molecule has 0 saturated heterocycles. The van der Waals surface area contributed by atoms with Gasteiger partial charge in [0, 0.05) is 0 Å². The van der Waals surface area contributed by atoms with Gasteiger partial charge in [0.05, 0.1) is 7.11 Å². The van der Waals surface area contributed by atoms with Crippen LogP contribution in [0.5, 0.6) is 0 Å². The molecule has 0 aromatic heterocycles. The van der Waals surface area contributed by atoms with Crippen LogP contribution in [-0.2, 0) is 4.74 Å². The Labute approximate surface area is 36.7 Å².